The Hall–Kier alpha value is -2.35. The molecule has 0 atom stereocenters. The van der Waals surface area contributed by atoms with Crippen LogP contribution in [0.2, 0.25) is 0 Å². The molecule has 0 aromatic carbocycles. The predicted molar refractivity (Wildman–Crippen MR) is 96.4 cm³/mol. The molecular weight excluding hydrogens is 350 g/mol. The molecule has 1 aliphatic carbocycles. The molecule has 0 radical (unpaired) electrons. The van der Waals surface area contributed by atoms with Crippen LogP contribution in [0.4, 0.5) is 11.5 Å². The zero-order chi connectivity index (χ0) is 19.3. The van der Waals surface area contributed by atoms with Crippen LogP contribution in [0.5, 0.6) is 5.88 Å². The number of nitrogens with one attached hydrogen (secondary N) is 2. The lowest BCUT2D eigenvalue weighted by atomic mass is 9.79. The number of aliphatic carboxylic acids is 1. The third kappa shape index (κ3) is 4.88. The first kappa shape index (κ1) is 19.4. The van der Waals surface area contributed by atoms with E-state index in [0.717, 1.165) is 31.5 Å². The van der Waals surface area contributed by atoms with Gasteiger partial charge in [0, 0.05) is 18.5 Å². The van der Waals surface area contributed by atoms with Crippen molar-refractivity contribution >= 4 is 23.4 Å². The second kappa shape index (κ2) is 8.56. The van der Waals surface area contributed by atoms with Crippen LogP contribution in [0, 0.1) is 5.41 Å². The van der Waals surface area contributed by atoms with Crippen LogP contribution in [0.1, 0.15) is 38.5 Å². The van der Waals surface area contributed by atoms with E-state index in [1.54, 1.807) is 19.2 Å². The summed E-state index contributed by atoms with van der Waals surface area (Å²) < 4.78 is 10.7. The maximum Gasteiger partial charge on any atom is 0.301 e. The van der Waals surface area contributed by atoms with Gasteiger partial charge in [-0.3, -0.25) is 9.69 Å². The van der Waals surface area contributed by atoms with E-state index in [0.29, 0.717) is 37.9 Å². The maximum absolute atomic E-state index is 12.7. The maximum atomic E-state index is 12.7. The number of ether oxygens (including phenoxy) is 2. The summed E-state index contributed by atoms with van der Waals surface area (Å²) in [5.74, 6) is 0.104. The van der Waals surface area contributed by atoms with Gasteiger partial charge in [-0.05, 0) is 30.7 Å². The number of nitrogens with zero attached hydrogens (tertiary/aromatic N) is 1. The van der Waals surface area contributed by atoms with E-state index in [9.17, 15) is 14.7 Å². The molecule has 3 rings (SSSR count). The number of amides is 1. The number of pyridine rings is 1. The summed E-state index contributed by atoms with van der Waals surface area (Å²) >= 11 is 0. The quantitative estimate of drug-likeness (QED) is 0.736. The minimum atomic E-state index is -1.09. The van der Waals surface area contributed by atoms with E-state index >= 15 is 0 Å². The highest BCUT2D eigenvalue weighted by Crippen LogP contribution is 2.44. The molecule has 8 heteroatoms. The third-order valence-electron chi connectivity index (χ3n) is 5.44. The molecular formula is C19H27N3O5. The summed E-state index contributed by atoms with van der Waals surface area (Å²) in [6.45, 7) is 2.66. The highest BCUT2D eigenvalue weighted by atomic mass is 16.5. The van der Waals surface area contributed by atoms with Gasteiger partial charge in [0.2, 0.25) is 5.91 Å². The van der Waals surface area contributed by atoms with E-state index in [1.807, 2.05) is 0 Å². The summed E-state index contributed by atoms with van der Waals surface area (Å²) in [7, 11) is 1.58. The predicted octanol–water partition coefficient (Wildman–Crippen LogP) is 0.375. The number of anilines is 2. The van der Waals surface area contributed by atoms with E-state index < -0.39 is 11.4 Å². The van der Waals surface area contributed by atoms with Gasteiger partial charge in [-0.25, -0.2) is 4.98 Å². The van der Waals surface area contributed by atoms with Crippen molar-refractivity contribution in [2.24, 2.45) is 5.41 Å². The second-order valence-electron chi connectivity index (χ2n) is 7.37. The van der Waals surface area contributed by atoms with Crippen molar-refractivity contribution < 1.29 is 29.2 Å². The molecule has 1 amide bonds. The number of H-pyrrole nitrogens is 1. The first-order valence-corrected chi connectivity index (χ1v) is 9.44. The lowest BCUT2D eigenvalue weighted by molar-refractivity contribution is -0.379. The van der Waals surface area contributed by atoms with Crippen molar-refractivity contribution in [3.63, 3.8) is 0 Å². The van der Waals surface area contributed by atoms with Crippen LogP contribution in [0.15, 0.2) is 12.1 Å². The summed E-state index contributed by atoms with van der Waals surface area (Å²) in [5.41, 5.74) is 0.169. The molecule has 1 aromatic heterocycles. The average molecular weight is 377 g/mol. The highest BCUT2D eigenvalue weighted by molar-refractivity contribution is 5.93. The Morgan fingerprint density at radius 2 is 1.96 bits per heavy atom. The summed E-state index contributed by atoms with van der Waals surface area (Å²) in [5, 5.41) is 14.1. The van der Waals surface area contributed by atoms with Crippen molar-refractivity contribution in [3.05, 3.63) is 12.1 Å². The normalized spacial score (nSPS) is 18.9. The number of hydrogen-bond donors (Lipinski definition) is 1. The zero-order valence-corrected chi connectivity index (χ0v) is 15.7. The minimum absolute atomic E-state index is 0.0640. The van der Waals surface area contributed by atoms with Gasteiger partial charge in [0.15, 0.2) is 0 Å². The van der Waals surface area contributed by atoms with Crippen molar-refractivity contribution in [2.45, 2.75) is 38.5 Å². The Morgan fingerprint density at radius 1 is 1.26 bits per heavy atom. The molecule has 0 spiro atoms. The zero-order valence-electron chi connectivity index (χ0n) is 15.7. The van der Waals surface area contributed by atoms with Gasteiger partial charge in [-0.2, -0.15) is 0 Å². The number of aromatic amines is 1. The molecule has 0 bridgehead atoms. The van der Waals surface area contributed by atoms with E-state index in [-0.39, 0.29) is 18.7 Å². The number of hydrogen-bond acceptors (Lipinski definition) is 6. The van der Waals surface area contributed by atoms with E-state index in [4.69, 9.17) is 9.47 Å². The van der Waals surface area contributed by atoms with E-state index in [1.165, 1.54) is 0 Å². The fraction of sp³-hybridized carbons (Fsp3) is 0.632. The Labute approximate surface area is 158 Å². The molecule has 1 aromatic rings. The Kier molecular flexibility index (Phi) is 6.15. The number of aromatic nitrogens is 1. The van der Waals surface area contributed by atoms with Crippen LogP contribution in [0.3, 0.4) is 0 Å². The first-order valence-electron chi connectivity index (χ1n) is 9.44. The lowest BCUT2D eigenvalue weighted by Gasteiger charge is -2.29. The SMILES string of the molecule is COc1ccc(NC(=O)CC2(CC(=O)[O-])CCCC2)c(N2CCOCC2)[nH+]1. The molecule has 1 aliphatic heterocycles. The minimum Gasteiger partial charge on any atom is -0.550 e. The van der Waals surface area contributed by atoms with Gasteiger partial charge in [-0.1, -0.05) is 12.8 Å². The number of carbonyl (C=O) groups is 2. The molecule has 2 N–H and O–H groups in total. The fourth-order valence-corrected chi connectivity index (χ4v) is 4.10. The lowest BCUT2D eigenvalue weighted by Crippen LogP contribution is -2.40. The molecule has 148 valence electrons. The summed E-state index contributed by atoms with van der Waals surface area (Å²) in [6, 6.07) is 3.56. The van der Waals surface area contributed by atoms with Crippen molar-refractivity contribution in [1.29, 1.82) is 0 Å². The first-order chi connectivity index (χ1) is 13.0. The Balaban J connectivity index is 1.75. The van der Waals surface area contributed by atoms with Crippen LogP contribution in [-0.4, -0.2) is 45.3 Å². The number of rotatable bonds is 7. The Bertz CT molecular complexity index is 682. The molecule has 2 fully saturated rings. The van der Waals surface area contributed by atoms with Crippen molar-refractivity contribution in [2.75, 3.05) is 43.6 Å². The average Bonchev–Trinajstić information content (AvgIpc) is 3.09. The molecule has 27 heavy (non-hydrogen) atoms. The second-order valence-corrected chi connectivity index (χ2v) is 7.37. The molecule has 0 unspecified atom stereocenters. The van der Waals surface area contributed by atoms with Crippen LogP contribution in [-0.2, 0) is 14.3 Å². The van der Waals surface area contributed by atoms with Crippen molar-refractivity contribution in [3.8, 4) is 5.88 Å². The van der Waals surface area contributed by atoms with Gasteiger partial charge in [-0.15, -0.1) is 0 Å². The van der Waals surface area contributed by atoms with E-state index in [2.05, 4.69) is 15.2 Å². The van der Waals surface area contributed by atoms with Crippen molar-refractivity contribution in [1.82, 2.24) is 0 Å². The number of carboxylic acid groups (broad SMARTS) is 1. The van der Waals surface area contributed by atoms with Gasteiger partial charge >= 0.3 is 5.82 Å². The van der Waals surface area contributed by atoms with Gasteiger partial charge in [0.05, 0.1) is 20.3 Å². The fourth-order valence-electron chi connectivity index (χ4n) is 4.10. The monoisotopic (exact) mass is 377 g/mol. The standard InChI is InChI=1S/C19H27N3O5/c1-26-16-5-4-14(18(21-16)22-8-10-27-11-9-22)20-15(23)12-19(13-17(24)25)6-2-3-7-19/h4-5H,2-3,6-13H2,1H3,(H,20,23)(H,24,25). The van der Waals surface area contributed by atoms with Crippen LogP contribution < -0.4 is 25.0 Å². The van der Waals surface area contributed by atoms with Crippen LogP contribution in [0.25, 0.3) is 0 Å². The van der Waals surface area contributed by atoms with Gasteiger partial charge in [0.25, 0.3) is 5.88 Å². The number of methoxy groups -OCH3 is 1. The van der Waals surface area contributed by atoms with Gasteiger partial charge in [0.1, 0.15) is 18.8 Å². The number of carboxylic acids is 1. The van der Waals surface area contributed by atoms with Gasteiger partial charge < -0.3 is 24.7 Å². The topological polar surface area (TPSA) is 105 Å². The van der Waals surface area contributed by atoms with Crippen LogP contribution >= 0.6 is 0 Å². The molecule has 2 heterocycles. The molecule has 1 saturated carbocycles. The number of morpholine rings is 1. The highest BCUT2D eigenvalue weighted by Gasteiger charge is 2.36. The largest absolute Gasteiger partial charge is 0.550 e. The third-order valence-corrected chi connectivity index (χ3v) is 5.44. The number of carbonyl (C=O) groups excluding carboxylic acids is 2. The smallest absolute Gasteiger partial charge is 0.301 e. The molecule has 8 nitrogen and oxygen atoms in total. The summed E-state index contributed by atoms with van der Waals surface area (Å²) in [6.07, 6.45) is 3.53. The Morgan fingerprint density at radius 3 is 2.59 bits per heavy atom. The summed E-state index contributed by atoms with van der Waals surface area (Å²) in [4.78, 5) is 29.2. The molecule has 2 aliphatic rings. The molecule has 1 saturated heterocycles.